The van der Waals surface area contributed by atoms with Crippen molar-refractivity contribution in [1.82, 2.24) is 10.2 Å². The van der Waals surface area contributed by atoms with Gasteiger partial charge in [0.05, 0.1) is 31.4 Å². The third kappa shape index (κ3) is 3.29. The van der Waals surface area contributed by atoms with Gasteiger partial charge >= 0.3 is 12.0 Å². The van der Waals surface area contributed by atoms with Crippen molar-refractivity contribution in [3.63, 3.8) is 0 Å². The van der Waals surface area contributed by atoms with Crippen LogP contribution in [-0.4, -0.2) is 46.9 Å². The molecule has 7 nitrogen and oxygen atoms in total. The first kappa shape index (κ1) is 16.8. The van der Waals surface area contributed by atoms with E-state index in [0.717, 1.165) is 0 Å². The first-order chi connectivity index (χ1) is 11.0. The Bertz CT molecular complexity index is 641. The number of para-hydroxylation sites is 1. The highest BCUT2D eigenvalue weighted by Gasteiger charge is 2.37. The van der Waals surface area contributed by atoms with Crippen molar-refractivity contribution in [1.29, 1.82) is 0 Å². The van der Waals surface area contributed by atoms with Gasteiger partial charge in [-0.15, -0.1) is 0 Å². The number of rotatable bonds is 5. The Morgan fingerprint density at radius 2 is 2.09 bits per heavy atom. The van der Waals surface area contributed by atoms with E-state index in [9.17, 15) is 14.7 Å². The molecule has 23 heavy (non-hydrogen) atoms. The van der Waals surface area contributed by atoms with Gasteiger partial charge < -0.3 is 20.3 Å². The molecule has 2 rings (SSSR count). The molecule has 0 aromatic heterocycles. The Balaban J connectivity index is 2.54. The quantitative estimate of drug-likeness (QED) is 0.710. The molecule has 3 N–H and O–H groups in total. The second-order valence-electron chi connectivity index (χ2n) is 5.04. The molecule has 0 radical (unpaired) electrons. The molecule has 0 spiro atoms. The van der Waals surface area contributed by atoms with E-state index >= 15 is 0 Å². The zero-order valence-corrected chi connectivity index (χ0v) is 13.1. The van der Waals surface area contributed by atoms with E-state index in [1.54, 1.807) is 32.0 Å². The molecule has 0 aliphatic carbocycles. The molecule has 0 saturated carbocycles. The van der Waals surface area contributed by atoms with Gasteiger partial charge in [-0.1, -0.05) is 18.2 Å². The van der Waals surface area contributed by atoms with Crippen molar-refractivity contribution >= 4 is 12.0 Å². The fourth-order valence-electron chi connectivity index (χ4n) is 2.59. The summed E-state index contributed by atoms with van der Waals surface area (Å²) in [5.41, 5.74) is 1.04. The number of aromatic hydroxyl groups is 1. The molecule has 1 aromatic rings. The number of carbonyl (C=O) groups excluding carboxylic acids is 2. The molecule has 1 aliphatic rings. The van der Waals surface area contributed by atoms with E-state index in [4.69, 9.17) is 9.84 Å². The van der Waals surface area contributed by atoms with Crippen molar-refractivity contribution in [2.45, 2.75) is 19.9 Å². The van der Waals surface area contributed by atoms with Gasteiger partial charge in [0.2, 0.25) is 0 Å². The maximum Gasteiger partial charge on any atom is 0.338 e. The average Bonchev–Trinajstić information content (AvgIpc) is 2.51. The zero-order valence-electron chi connectivity index (χ0n) is 13.1. The summed E-state index contributed by atoms with van der Waals surface area (Å²) in [6, 6.07) is 5.23. The molecule has 7 heteroatoms. The third-order valence-electron chi connectivity index (χ3n) is 3.66. The Labute approximate surface area is 134 Å². The highest BCUT2D eigenvalue weighted by atomic mass is 16.5. The second kappa shape index (κ2) is 7.15. The minimum absolute atomic E-state index is 0.0250. The Morgan fingerprint density at radius 3 is 2.70 bits per heavy atom. The van der Waals surface area contributed by atoms with Gasteiger partial charge in [-0.3, -0.25) is 4.90 Å². The summed E-state index contributed by atoms with van der Waals surface area (Å²) in [6.45, 7) is 3.33. The van der Waals surface area contributed by atoms with Crippen LogP contribution in [-0.2, 0) is 9.53 Å². The van der Waals surface area contributed by atoms with E-state index in [-0.39, 0.29) is 31.1 Å². The molecule has 1 atom stereocenters. The number of amides is 2. The van der Waals surface area contributed by atoms with Gasteiger partial charge in [0, 0.05) is 11.3 Å². The van der Waals surface area contributed by atoms with E-state index in [1.807, 2.05) is 0 Å². The second-order valence-corrected chi connectivity index (χ2v) is 5.04. The number of benzene rings is 1. The van der Waals surface area contributed by atoms with E-state index in [0.29, 0.717) is 11.3 Å². The number of urea groups is 1. The number of ether oxygens (including phenoxy) is 1. The van der Waals surface area contributed by atoms with Crippen molar-refractivity contribution in [2.24, 2.45) is 0 Å². The standard InChI is InChI=1S/C16H20N2O5/c1-3-23-15(21)13-10(2)18(8-9-19)16(22)17-14(13)11-6-4-5-7-12(11)20/h4-7,14,19-20H,3,8-9H2,1-2H3,(H,17,22). The SMILES string of the molecule is CCOC(=O)C1=C(C)N(CCO)C(=O)NC1c1ccccc1O. The smallest absolute Gasteiger partial charge is 0.338 e. The largest absolute Gasteiger partial charge is 0.508 e. The number of esters is 1. The van der Waals surface area contributed by atoms with Crippen LogP contribution in [0.5, 0.6) is 5.75 Å². The molecule has 124 valence electrons. The first-order valence-corrected chi connectivity index (χ1v) is 7.35. The number of nitrogens with one attached hydrogen (secondary N) is 1. The van der Waals surface area contributed by atoms with Crippen molar-refractivity contribution in [2.75, 3.05) is 19.8 Å². The highest BCUT2D eigenvalue weighted by molar-refractivity contribution is 5.95. The molecule has 2 amide bonds. The van der Waals surface area contributed by atoms with Gasteiger partial charge in [-0.2, -0.15) is 0 Å². The molecule has 1 heterocycles. The molecule has 0 fully saturated rings. The molecule has 1 aliphatic heterocycles. The summed E-state index contributed by atoms with van der Waals surface area (Å²) in [4.78, 5) is 25.9. The topological polar surface area (TPSA) is 99.1 Å². The zero-order chi connectivity index (χ0) is 17.0. The third-order valence-corrected chi connectivity index (χ3v) is 3.66. The van der Waals surface area contributed by atoms with Crippen LogP contribution in [0.25, 0.3) is 0 Å². The van der Waals surface area contributed by atoms with Crippen LogP contribution in [0.3, 0.4) is 0 Å². The molecule has 1 aromatic carbocycles. The summed E-state index contributed by atoms with van der Waals surface area (Å²) in [5.74, 6) is -0.593. The summed E-state index contributed by atoms with van der Waals surface area (Å²) in [6.07, 6.45) is 0. The van der Waals surface area contributed by atoms with Crippen molar-refractivity contribution in [3.05, 3.63) is 41.1 Å². The lowest BCUT2D eigenvalue weighted by Gasteiger charge is -2.35. The van der Waals surface area contributed by atoms with Gasteiger partial charge in [-0.25, -0.2) is 9.59 Å². The number of nitrogens with zero attached hydrogens (tertiary/aromatic N) is 1. The van der Waals surface area contributed by atoms with Crippen molar-refractivity contribution in [3.8, 4) is 5.75 Å². The fourth-order valence-corrected chi connectivity index (χ4v) is 2.59. The van der Waals surface area contributed by atoms with E-state index in [2.05, 4.69) is 5.32 Å². The normalized spacial score (nSPS) is 18.0. The number of carbonyl (C=O) groups is 2. The van der Waals surface area contributed by atoms with E-state index in [1.165, 1.54) is 11.0 Å². The minimum atomic E-state index is -0.808. The lowest BCUT2D eigenvalue weighted by Crippen LogP contribution is -2.48. The number of hydrogen-bond donors (Lipinski definition) is 3. The lowest BCUT2D eigenvalue weighted by molar-refractivity contribution is -0.139. The molecular formula is C16H20N2O5. The average molecular weight is 320 g/mol. The number of allylic oxidation sites excluding steroid dienone is 1. The van der Waals surface area contributed by atoms with Crippen LogP contribution in [0.15, 0.2) is 35.5 Å². The minimum Gasteiger partial charge on any atom is -0.508 e. The fraction of sp³-hybridized carbons (Fsp3) is 0.375. The summed E-state index contributed by atoms with van der Waals surface area (Å²) in [7, 11) is 0. The summed E-state index contributed by atoms with van der Waals surface area (Å²) >= 11 is 0. The van der Waals surface area contributed by atoms with Gasteiger partial charge in [0.25, 0.3) is 0 Å². The summed E-state index contributed by atoms with van der Waals surface area (Å²) < 4.78 is 5.09. The van der Waals surface area contributed by atoms with Crippen LogP contribution in [0, 0.1) is 0 Å². The number of aliphatic hydroxyl groups is 1. The number of phenolic OH excluding ortho intramolecular Hbond substituents is 1. The van der Waals surface area contributed by atoms with Gasteiger partial charge in [0.15, 0.2) is 0 Å². The van der Waals surface area contributed by atoms with Crippen LogP contribution >= 0.6 is 0 Å². The number of aliphatic hydroxyl groups excluding tert-OH is 1. The monoisotopic (exact) mass is 320 g/mol. The first-order valence-electron chi connectivity index (χ1n) is 7.35. The molecule has 1 unspecified atom stereocenters. The predicted octanol–water partition coefficient (Wildman–Crippen LogP) is 1.29. The Morgan fingerprint density at radius 1 is 1.39 bits per heavy atom. The van der Waals surface area contributed by atoms with Gasteiger partial charge in [0.1, 0.15) is 5.75 Å². The van der Waals surface area contributed by atoms with Crippen LogP contribution < -0.4 is 5.32 Å². The lowest BCUT2D eigenvalue weighted by atomic mass is 9.94. The number of β-amino-alcohol motifs (C(OH)–C–C–N with tert-alkyl or cyclic N) is 1. The highest BCUT2D eigenvalue weighted by Crippen LogP contribution is 2.35. The molecular weight excluding hydrogens is 300 g/mol. The molecule has 0 saturated heterocycles. The van der Waals surface area contributed by atoms with Crippen LogP contribution in [0.2, 0.25) is 0 Å². The van der Waals surface area contributed by atoms with Crippen LogP contribution in [0.4, 0.5) is 4.79 Å². The number of phenols is 1. The Hall–Kier alpha value is -2.54. The summed E-state index contributed by atoms with van der Waals surface area (Å²) in [5, 5.41) is 21.8. The molecule has 0 bridgehead atoms. The van der Waals surface area contributed by atoms with Crippen molar-refractivity contribution < 1.29 is 24.5 Å². The van der Waals surface area contributed by atoms with Gasteiger partial charge in [-0.05, 0) is 19.9 Å². The maximum absolute atomic E-state index is 12.4. The number of hydrogen-bond acceptors (Lipinski definition) is 5. The van der Waals surface area contributed by atoms with Crippen LogP contribution in [0.1, 0.15) is 25.5 Å². The van der Waals surface area contributed by atoms with E-state index < -0.39 is 18.0 Å². The maximum atomic E-state index is 12.4. The Kier molecular flexibility index (Phi) is 5.23. The predicted molar refractivity (Wildman–Crippen MR) is 82.5 cm³/mol.